The van der Waals surface area contributed by atoms with Crippen molar-refractivity contribution in [2.75, 3.05) is 13.2 Å². The zero-order valence-electron chi connectivity index (χ0n) is 12.4. The Morgan fingerprint density at radius 3 is 2.55 bits per heavy atom. The third-order valence-electron chi connectivity index (χ3n) is 4.88. The van der Waals surface area contributed by atoms with Crippen molar-refractivity contribution in [3.05, 3.63) is 53.9 Å². The lowest BCUT2D eigenvalue weighted by Crippen LogP contribution is -2.60. The van der Waals surface area contributed by atoms with Gasteiger partial charge >= 0.3 is 0 Å². The van der Waals surface area contributed by atoms with Crippen LogP contribution < -0.4 is 0 Å². The molecular formula is C17H20N2O3. The molecule has 5 heteroatoms. The van der Waals surface area contributed by atoms with Crippen LogP contribution >= 0.6 is 0 Å². The summed E-state index contributed by atoms with van der Waals surface area (Å²) in [4.78, 5) is 2.47. The summed E-state index contributed by atoms with van der Waals surface area (Å²) in [5, 5.41) is 14.8. The van der Waals surface area contributed by atoms with Gasteiger partial charge in [0, 0.05) is 24.2 Å². The first-order chi connectivity index (χ1) is 10.7. The Labute approximate surface area is 129 Å². The second-order valence-electron chi connectivity index (χ2n) is 6.36. The van der Waals surface area contributed by atoms with Crippen molar-refractivity contribution in [3.8, 4) is 0 Å². The molecule has 0 amide bonds. The van der Waals surface area contributed by atoms with E-state index < -0.39 is 5.60 Å². The second-order valence-corrected chi connectivity index (χ2v) is 6.36. The highest BCUT2D eigenvalue weighted by Crippen LogP contribution is 2.41. The van der Waals surface area contributed by atoms with Crippen LogP contribution in [0.4, 0.5) is 0 Å². The van der Waals surface area contributed by atoms with Crippen molar-refractivity contribution in [2.45, 2.75) is 37.1 Å². The molecule has 0 aliphatic carbocycles. The first kappa shape index (κ1) is 13.9. The fourth-order valence-electron chi connectivity index (χ4n) is 3.77. The van der Waals surface area contributed by atoms with Gasteiger partial charge < -0.3 is 14.4 Å². The molecule has 22 heavy (non-hydrogen) atoms. The van der Waals surface area contributed by atoms with Crippen LogP contribution in [0.3, 0.4) is 0 Å². The van der Waals surface area contributed by atoms with Crippen molar-refractivity contribution in [1.82, 2.24) is 10.1 Å². The van der Waals surface area contributed by atoms with Crippen LogP contribution in [0.15, 0.2) is 47.3 Å². The summed E-state index contributed by atoms with van der Waals surface area (Å²) in [5.74, 6) is 0. The highest BCUT2D eigenvalue weighted by molar-refractivity contribution is 5.19. The number of piperidine rings is 1. The number of rotatable bonds is 3. The maximum Gasteiger partial charge on any atom is 0.129 e. The van der Waals surface area contributed by atoms with E-state index in [0.29, 0.717) is 26.1 Å². The molecule has 2 unspecified atom stereocenters. The zero-order valence-corrected chi connectivity index (χ0v) is 12.4. The number of hydrogen-bond donors (Lipinski definition) is 1. The average molecular weight is 300 g/mol. The van der Waals surface area contributed by atoms with Crippen LogP contribution in [-0.4, -0.2) is 40.5 Å². The van der Waals surface area contributed by atoms with Gasteiger partial charge in [0.2, 0.25) is 0 Å². The van der Waals surface area contributed by atoms with Gasteiger partial charge in [-0.3, -0.25) is 4.90 Å². The summed E-state index contributed by atoms with van der Waals surface area (Å²) in [5.41, 5.74) is 1.23. The number of fused-ring (bicyclic) bond motifs is 2. The Balaban J connectivity index is 1.57. The molecule has 116 valence electrons. The normalized spacial score (nSPS) is 32.0. The predicted molar refractivity (Wildman–Crippen MR) is 80.0 cm³/mol. The van der Waals surface area contributed by atoms with Crippen molar-refractivity contribution in [1.29, 1.82) is 0 Å². The quantitative estimate of drug-likeness (QED) is 0.938. The van der Waals surface area contributed by atoms with Crippen LogP contribution in [0.25, 0.3) is 0 Å². The molecule has 2 aliphatic rings. The molecule has 3 heterocycles. The fourth-order valence-corrected chi connectivity index (χ4v) is 3.77. The molecule has 0 spiro atoms. The van der Waals surface area contributed by atoms with Crippen LogP contribution in [0, 0.1) is 0 Å². The van der Waals surface area contributed by atoms with Crippen LogP contribution in [0.5, 0.6) is 0 Å². The lowest BCUT2D eigenvalue weighted by Gasteiger charge is -2.51. The lowest BCUT2D eigenvalue weighted by atomic mass is 9.78. The molecule has 1 aromatic heterocycles. The maximum atomic E-state index is 11.0. The third-order valence-corrected chi connectivity index (χ3v) is 4.88. The summed E-state index contributed by atoms with van der Waals surface area (Å²) in [7, 11) is 0. The van der Waals surface area contributed by atoms with E-state index in [-0.39, 0.29) is 12.1 Å². The van der Waals surface area contributed by atoms with E-state index in [1.54, 1.807) is 12.5 Å². The maximum absolute atomic E-state index is 11.0. The van der Waals surface area contributed by atoms with Gasteiger partial charge in [0.15, 0.2) is 0 Å². The fraction of sp³-hybridized carbons (Fsp3) is 0.471. The summed E-state index contributed by atoms with van der Waals surface area (Å²) in [6.07, 6.45) is 4.49. The molecule has 1 aromatic carbocycles. The first-order valence-corrected chi connectivity index (χ1v) is 7.74. The number of aromatic nitrogens is 1. The van der Waals surface area contributed by atoms with Gasteiger partial charge in [0.1, 0.15) is 6.26 Å². The molecule has 4 rings (SSSR count). The topological polar surface area (TPSA) is 58.7 Å². The van der Waals surface area contributed by atoms with E-state index >= 15 is 0 Å². The molecule has 2 bridgehead atoms. The molecule has 2 saturated heterocycles. The Morgan fingerprint density at radius 1 is 1.18 bits per heavy atom. The minimum Gasteiger partial charge on any atom is -0.385 e. The molecular weight excluding hydrogens is 280 g/mol. The third kappa shape index (κ3) is 2.45. The predicted octanol–water partition coefficient (Wildman–Crippen LogP) is 1.93. The van der Waals surface area contributed by atoms with Crippen molar-refractivity contribution in [3.63, 3.8) is 0 Å². The largest absolute Gasteiger partial charge is 0.385 e. The molecule has 2 aliphatic heterocycles. The average Bonchev–Trinajstić information content (AvgIpc) is 3.05. The van der Waals surface area contributed by atoms with Gasteiger partial charge in [-0.25, -0.2) is 0 Å². The first-order valence-electron chi connectivity index (χ1n) is 7.74. The van der Waals surface area contributed by atoms with Gasteiger partial charge in [-0.1, -0.05) is 35.5 Å². The van der Waals surface area contributed by atoms with E-state index in [0.717, 1.165) is 12.1 Å². The van der Waals surface area contributed by atoms with Gasteiger partial charge in [-0.05, 0) is 18.4 Å². The van der Waals surface area contributed by atoms with E-state index in [9.17, 15) is 5.11 Å². The zero-order chi connectivity index (χ0) is 15.0. The van der Waals surface area contributed by atoms with Gasteiger partial charge in [-0.15, -0.1) is 0 Å². The molecule has 2 atom stereocenters. The van der Waals surface area contributed by atoms with Crippen LogP contribution in [-0.2, 0) is 16.9 Å². The highest BCUT2D eigenvalue weighted by Gasteiger charge is 2.47. The van der Waals surface area contributed by atoms with Crippen molar-refractivity contribution in [2.24, 2.45) is 0 Å². The Kier molecular flexibility index (Phi) is 3.48. The number of nitrogens with zero attached hydrogens (tertiary/aromatic N) is 2. The van der Waals surface area contributed by atoms with Crippen molar-refractivity contribution < 1.29 is 14.4 Å². The minimum absolute atomic E-state index is 0.215. The summed E-state index contributed by atoms with van der Waals surface area (Å²) in [6.45, 7) is 2.23. The smallest absolute Gasteiger partial charge is 0.129 e. The Morgan fingerprint density at radius 2 is 1.91 bits per heavy atom. The molecule has 0 saturated carbocycles. The Hall–Kier alpha value is -1.69. The van der Waals surface area contributed by atoms with E-state index in [2.05, 4.69) is 34.3 Å². The van der Waals surface area contributed by atoms with Crippen LogP contribution in [0.2, 0.25) is 0 Å². The van der Waals surface area contributed by atoms with Crippen LogP contribution in [0.1, 0.15) is 24.0 Å². The van der Waals surface area contributed by atoms with E-state index in [1.807, 2.05) is 6.07 Å². The summed E-state index contributed by atoms with van der Waals surface area (Å²) >= 11 is 0. The van der Waals surface area contributed by atoms with Gasteiger partial charge in [0.25, 0.3) is 0 Å². The standard InChI is InChI=1S/C17H20N2O3/c20-17(14-8-18-22-10-14)6-15-11-21-12-16(7-17)19(15)9-13-4-2-1-3-5-13/h1-5,8,10,15-16,20H,6-7,9,11-12H2. The van der Waals surface area contributed by atoms with Crippen molar-refractivity contribution >= 4 is 0 Å². The van der Waals surface area contributed by atoms with Gasteiger partial charge in [-0.2, -0.15) is 0 Å². The SMILES string of the molecule is OC1(c2cnoc2)CC2COCC(C1)N2Cc1ccccc1. The van der Waals surface area contributed by atoms with E-state index in [4.69, 9.17) is 9.26 Å². The van der Waals surface area contributed by atoms with E-state index in [1.165, 1.54) is 5.56 Å². The molecule has 0 radical (unpaired) electrons. The molecule has 5 nitrogen and oxygen atoms in total. The summed E-state index contributed by atoms with van der Waals surface area (Å²) in [6, 6.07) is 10.9. The highest BCUT2D eigenvalue weighted by atomic mass is 16.5. The summed E-state index contributed by atoms with van der Waals surface area (Å²) < 4.78 is 10.6. The second kappa shape index (κ2) is 5.50. The number of aliphatic hydroxyl groups is 1. The molecule has 2 fully saturated rings. The minimum atomic E-state index is -0.855. The molecule has 1 N–H and O–H groups in total. The number of benzene rings is 1. The number of hydrogen-bond acceptors (Lipinski definition) is 5. The number of morpholine rings is 1. The monoisotopic (exact) mass is 300 g/mol. The van der Waals surface area contributed by atoms with Gasteiger partial charge in [0.05, 0.1) is 25.0 Å². The lowest BCUT2D eigenvalue weighted by molar-refractivity contribution is -0.149. The Bertz CT molecular complexity index is 600. The molecule has 2 aromatic rings. The number of ether oxygens (including phenoxy) is 1.